The summed E-state index contributed by atoms with van der Waals surface area (Å²) in [6.45, 7) is 6.62. The third-order valence-electron chi connectivity index (χ3n) is 5.78. The molecule has 130 valence electrons. The van der Waals surface area contributed by atoms with Crippen LogP contribution in [0.1, 0.15) is 37.2 Å². The van der Waals surface area contributed by atoms with Gasteiger partial charge in [-0.1, -0.05) is 60.7 Å². The Morgan fingerprint density at radius 1 is 0.720 bits per heavy atom. The molecule has 0 amide bonds. The molecule has 3 fully saturated rings. The second kappa shape index (κ2) is 5.87. The molecule has 3 aliphatic heterocycles. The van der Waals surface area contributed by atoms with Crippen LogP contribution in [0.5, 0.6) is 0 Å². The van der Waals surface area contributed by atoms with Crippen LogP contribution in [0.4, 0.5) is 0 Å². The van der Waals surface area contributed by atoms with Crippen molar-refractivity contribution in [2.45, 2.75) is 38.1 Å². The summed E-state index contributed by atoms with van der Waals surface area (Å²) in [6.07, 6.45) is 0.165. The average Bonchev–Trinajstić information content (AvgIpc) is 3.24. The highest BCUT2D eigenvalue weighted by molar-refractivity contribution is 7.62. The maximum absolute atomic E-state index is 6.76. The van der Waals surface area contributed by atoms with Crippen molar-refractivity contribution in [3.8, 4) is 0 Å². The first-order valence-corrected chi connectivity index (χ1v) is 10.6. The number of benzene rings is 2. The Morgan fingerprint density at radius 3 is 1.52 bits per heavy atom. The standard InChI is InChI=1S/C20H24N2O2P/c1-15-19(17-9-5-3-6-10-17)23-25-21(15)13-14-22(25)16(2)20(24-25)18-11-7-4-8-12-18/h3-12,15-16,19-20H,13-14H2,1-2H3/q+1/t15-,16-,19-,20-,25?/m1/s1. The van der Waals surface area contributed by atoms with Crippen molar-refractivity contribution < 1.29 is 9.05 Å². The molecule has 0 bridgehead atoms. The summed E-state index contributed by atoms with van der Waals surface area (Å²) in [5.41, 5.74) is 2.50. The van der Waals surface area contributed by atoms with E-state index in [-0.39, 0.29) is 12.2 Å². The van der Waals surface area contributed by atoms with Gasteiger partial charge in [0.15, 0.2) is 12.2 Å². The molecule has 0 saturated carbocycles. The molecular formula is C20H24N2O2P+. The second-order valence-electron chi connectivity index (χ2n) is 7.17. The Kier molecular flexibility index (Phi) is 3.74. The van der Waals surface area contributed by atoms with Crippen LogP contribution in [0, 0.1) is 0 Å². The lowest BCUT2D eigenvalue weighted by Gasteiger charge is -2.19. The number of nitrogens with zero attached hydrogens (tertiary/aromatic N) is 2. The molecule has 0 aliphatic carbocycles. The van der Waals surface area contributed by atoms with Gasteiger partial charge >= 0.3 is 8.02 Å². The summed E-state index contributed by atoms with van der Waals surface area (Å²) < 4.78 is 18.5. The monoisotopic (exact) mass is 355 g/mol. The van der Waals surface area contributed by atoms with E-state index in [0.29, 0.717) is 12.1 Å². The topological polar surface area (TPSA) is 24.9 Å². The molecule has 3 heterocycles. The Bertz CT molecular complexity index is 691. The van der Waals surface area contributed by atoms with E-state index < -0.39 is 8.02 Å². The first kappa shape index (κ1) is 15.9. The minimum atomic E-state index is -2.16. The maximum Gasteiger partial charge on any atom is 0.438 e. The van der Waals surface area contributed by atoms with Crippen molar-refractivity contribution in [1.82, 2.24) is 9.34 Å². The fourth-order valence-corrected chi connectivity index (χ4v) is 8.35. The highest BCUT2D eigenvalue weighted by Gasteiger charge is 2.76. The van der Waals surface area contributed by atoms with Crippen LogP contribution in [-0.4, -0.2) is 34.5 Å². The molecule has 3 saturated heterocycles. The second-order valence-corrected chi connectivity index (χ2v) is 9.60. The van der Waals surface area contributed by atoms with E-state index in [4.69, 9.17) is 9.05 Å². The maximum atomic E-state index is 6.76. The van der Waals surface area contributed by atoms with Crippen molar-refractivity contribution in [2.24, 2.45) is 0 Å². The summed E-state index contributed by atoms with van der Waals surface area (Å²) in [7, 11) is -2.16. The predicted molar refractivity (Wildman–Crippen MR) is 99.8 cm³/mol. The summed E-state index contributed by atoms with van der Waals surface area (Å²) in [6, 6.07) is 21.8. The molecular weight excluding hydrogens is 331 g/mol. The van der Waals surface area contributed by atoms with Gasteiger partial charge < -0.3 is 0 Å². The van der Waals surface area contributed by atoms with Crippen molar-refractivity contribution in [2.75, 3.05) is 13.1 Å². The minimum Gasteiger partial charge on any atom is -0.162 e. The Balaban J connectivity index is 1.50. The summed E-state index contributed by atoms with van der Waals surface area (Å²) in [4.78, 5) is 0. The number of rotatable bonds is 2. The normalized spacial score (nSPS) is 34.2. The zero-order chi connectivity index (χ0) is 17.0. The van der Waals surface area contributed by atoms with Gasteiger partial charge in [0.1, 0.15) is 0 Å². The lowest BCUT2D eigenvalue weighted by molar-refractivity contribution is 0.166. The molecule has 5 heteroatoms. The fraction of sp³-hybridized carbons (Fsp3) is 0.400. The van der Waals surface area contributed by atoms with Crippen molar-refractivity contribution >= 4 is 8.02 Å². The van der Waals surface area contributed by atoms with E-state index in [9.17, 15) is 0 Å². The SMILES string of the molecule is C[C@@H]1[C@H](c2ccccc2)O[P+]23O[C@@H](c4ccccc4)[C@@H](C)N2CCN13. The molecule has 0 aromatic heterocycles. The summed E-state index contributed by atoms with van der Waals surface area (Å²) >= 11 is 0. The molecule has 5 rings (SSSR count). The average molecular weight is 355 g/mol. The molecule has 4 atom stereocenters. The number of hydrogen-bond donors (Lipinski definition) is 0. The molecule has 0 unspecified atom stereocenters. The van der Waals surface area contributed by atoms with Crippen LogP contribution >= 0.6 is 8.02 Å². The first-order chi connectivity index (χ1) is 12.2. The van der Waals surface area contributed by atoms with Crippen LogP contribution < -0.4 is 0 Å². The van der Waals surface area contributed by atoms with E-state index in [2.05, 4.69) is 83.9 Å². The molecule has 25 heavy (non-hydrogen) atoms. The lowest BCUT2D eigenvalue weighted by atomic mass is 10.0. The van der Waals surface area contributed by atoms with Gasteiger partial charge in [0.2, 0.25) is 0 Å². The van der Waals surface area contributed by atoms with Crippen molar-refractivity contribution in [1.29, 1.82) is 0 Å². The van der Waals surface area contributed by atoms with E-state index in [1.165, 1.54) is 11.1 Å². The molecule has 4 nitrogen and oxygen atoms in total. The van der Waals surface area contributed by atoms with Gasteiger partial charge in [0.05, 0.1) is 25.2 Å². The highest BCUT2D eigenvalue weighted by atomic mass is 31.2. The highest BCUT2D eigenvalue weighted by Crippen LogP contribution is 2.82. The Labute approximate surface area is 150 Å². The van der Waals surface area contributed by atoms with Gasteiger partial charge in [-0.05, 0) is 25.0 Å². The zero-order valence-electron chi connectivity index (χ0n) is 14.7. The molecule has 2 aromatic rings. The van der Waals surface area contributed by atoms with E-state index in [0.717, 1.165) is 13.1 Å². The van der Waals surface area contributed by atoms with Gasteiger partial charge in [-0.25, -0.2) is 0 Å². The third-order valence-corrected chi connectivity index (χ3v) is 9.21. The number of hydrogen-bond acceptors (Lipinski definition) is 4. The molecule has 3 aliphatic rings. The van der Waals surface area contributed by atoms with Crippen molar-refractivity contribution in [3.63, 3.8) is 0 Å². The third kappa shape index (κ3) is 2.26. The molecule has 2 aromatic carbocycles. The van der Waals surface area contributed by atoms with Gasteiger partial charge in [0, 0.05) is 0 Å². The van der Waals surface area contributed by atoms with Crippen LogP contribution in [0.25, 0.3) is 0 Å². The van der Waals surface area contributed by atoms with Gasteiger partial charge in [-0.2, -0.15) is 9.05 Å². The Hall–Kier alpha value is -1.29. The van der Waals surface area contributed by atoms with E-state index >= 15 is 0 Å². The van der Waals surface area contributed by atoms with Crippen LogP contribution in [0.3, 0.4) is 0 Å². The summed E-state index contributed by atoms with van der Waals surface area (Å²) in [5.74, 6) is 0. The minimum absolute atomic E-state index is 0.0825. The van der Waals surface area contributed by atoms with Crippen molar-refractivity contribution in [3.05, 3.63) is 71.8 Å². The molecule has 1 spiro atoms. The lowest BCUT2D eigenvalue weighted by Crippen LogP contribution is -2.29. The first-order valence-electron chi connectivity index (χ1n) is 9.11. The quantitative estimate of drug-likeness (QED) is 0.735. The largest absolute Gasteiger partial charge is 0.438 e. The summed E-state index contributed by atoms with van der Waals surface area (Å²) in [5, 5.41) is 0. The van der Waals surface area contributed by atoms with Crippen LogP contribution in [0.2, 0.25) is 0 Å². The fourth-order valence-electron chi connectivity index (χ4n) is 4.49. The zero-order valence-corrected chi connectivity index (χ0v) is 15.5. The smallest absolute Gasteiger partial charge is 0.162 e. The van der Waals surface area contributed by atoms with Gasteiger partial charge in [-0.3, -0.25) is 0 Å². The van der Waals surface area contributed by atoms with Crippen LogP contribution in [0.15, 0.2) is 60.7 Å². The Morgan fingerprint density at radius 2 is 1.12 bits per heavy atom. The molecule has 0 N–H and O–H groups in total. The van der Waals surface area contributed by atoms with E-state index in [1.54, 1.807) is 0 Å². The van der Waals surface area contributed by atoms with Gasteiger partial charge in [0.25, 0.3) is 0 Å². The van der Waals surface area contributed by atoms with Crippen LogP contribution in [-0.2, 0) is 9.05 Å². The molecule has 0 radical (unpaired) electrons. The van der Waals surface area contributed by atoms with Gasteiger partial charge in [-0.15, -0.1) is 9.34 Å². The van der Waals surface area contributed by atoms with E-state index in [1.807, 2.05) is 0 Å². The predicted octanol–water partition coefficient (Wildman–Crippen LogP) is 4.60.